The van der Waals surface area contributed by atoms with Gasteiger partial charge in [0.1, 0.15) is 11.1 Å². The molecule has 0 aliphatic carbocycles. The minimum absolute atomic E-state index is 0.0113. The summed E-state index contributed by atoms with van der Waals surface area (Å²) in [7, 11) is 0. The number of rotatable bonds is 2. The summed E-state index contributed by atoms with van der Waals surface area (Å²) in [4.78, 5) is 3.92. The maximum absolute atomic E-state index is 5.86. The summed E-state index contributed by atoms with van der Waals surface area (Å²) in [6.45, 7) is 1.11. The van der Waals surface area contributed by atoms with E-state index >= 15 is 0 Å². The summed E-state index contributed by atoms with van der Waals surface area (Å²) in [6.07, 6.45) is 0.0113. The first-order valence-corrected chi connectivity index (χ1v) is 5.06. The van der Waals surface area contributed by atoms with E-state index in [2.05, 4.69) is 4.98 Å². The Morgan fingerprint density at radius 1 is 1.29 bits per heavy atom. The highest BCUT2D eigenvalue weighted by Gasteiger charge is 2.22. The Balaban J connectivity index is 2.19. The highest BCUT2D eigenvalue weighted by Crippen LogP contribution is 2.31. The molecule has 2 heterocycles. The van der Waals surface area contributed by atoms with E-state index < -0.39 is 0 Å². The number of hydrogen-bond donors (Lipinski definition) is 0. The Hall–Kier alpha value is -0.220. The number of aromatic nitrogens is 1. The number of hydrogen-bond acceptors (Lipinski definition) is 3. The fourth-order valence-corrected chi connectivity index (χ4v) is 1.49. The SMILES string of the molecule is Clc1cc(Cl)c(OC2COC2)nc1Cl. The van der Waals surface area contributed by atoms with Gasteiger partial charge in [-0.1, -0.05) is 34.8 Å². The Bertz CT molecular complexity index is 355. The average molecular weight is 254 g/mol. The van der Waals surface area contributed by atoms with Crippen LogP contribution in [-0.4, -0.2) is 24.3 Å². The predicted molar refractivity (Wildman–Crippen MR) is 54.5 cm³/mol. The van der Waals surface area contributed by atoms with Gasteiger partial charge in [0.15, 0.2) is 5.15 Å². The lowest BCUT2D eigenvalue weighted by atomic mass is 10.3. The molecule has 0 amide bonds. The lowest BCUT2D eigenvalue weighted by Gasteiger charge is -2.26. The molecule has 0 saturated carbocycles. The smallest absolute Gasteiger partial charge is 0.234 e. The third kappa shape index (κ3) is 2.06. The largest absolute Gasteiger partial charge is 0.468 e. The molecule has 0 atom stereocenters. The van der Waals surface area contributed by atoms with Gasteiger partial charge in [-0.05, 0) is 6.07 Å². The van der Waals surface area contributed by atoms with Crippen LogP contribution in [0.15, 0.2) is 6.07 Å². The molecule has 1 aliphatic heterocycles. The van der Waals surface area contributed by atoms with Gasteiger partial charge in [-0.25, -0.2) is 0 Å². The van der Waals surface area contributed by atoms with Crippen molar-refractivity contribution in [3.05, 3.63) is 21.3 Å². The molecule has 0 aromatic carbocycles. The Morgan fingerprint density at radius 3 is 2.57 bits per heavy atom. The van der Waals surface area contributed by atoms with Crippen LogP contribution in [0.3, 0.4) is 0 Å². The van der Waals surface area contributed by atoms with Gasteiger partial charge in [-0.15, -0.1) is 0 Å². The van der Waals surface area contributed by atoms with Gasteiger partial charge in [0.25, 0.3) is 0 Å². The summed E-state index contributed by atoms with van der Waals surface area (Å²) in [5.41, 5.74) is 0. The molecule has 1 saturated heterocycles. The van der Waals surface area contributed by atoms with Crippen LogP contribution in [0.5, 0.6) is 5.88 Å². The molecule has 0 bridgehead atoms. The maximum Gasteiger partial charge on any atom is 0.234 e. The van der Waals surface area contributed by atoms with E-state index in [4.69, 9.17) is 44.3 Å². The molecular formula is C8H6Cl3NO2. The van der Waals surface area contributed by atoms with Gasteiger partial charge in [0.05, 0.1) is 18.2 Å². The molecule has 0 N–H and O–H groups in total. The van der Waals surface area contributed by atoms with E-state index in [-0.39, 0.29) is 11.3 Å². The van der Waals surface area contributed by atoms with Gasteiger partial charge in [0.2, 0.25) is 5.88 Å². The molecule has 2 rings (SSSR count). The van der Waals surface area contributed by atoms with Gasteiger partial charge in [-0.2, -0.15) is 4.98 Å². The van der Waals surface area contributed by atoms with Crippen LogP contribution in [0, 0.1) is 0 Å². The summed E-state index contributed by atoms with van der Waals surface area (Å²) in [6, 6.07) is 1.51. The standard InChI is InChI=1S/C8H6Cl3NO2/c9-5-1-6(10)8(12-7(5)11)14-4-2-13-3-4/h1,4H,2-3H2. The normalized spacial score (nSPS) is 16.5. The van der Waals surface area contributed by atoms with E-state index in [0.717, 1.165) is 0 Å². The summed E-state index contributed by atoms with van der Waals surface area (Å²) >= 11 is 17.3. The van der Waals surface area contributed by atoms with E-state index in [1.165, 1.54) is 6.07 Å². The Labute approximate surface area is 95.9 Å². The third-order valence-electron chi connectivity index (χ3n) is 1.74. The van der Waals surface area contributed by atoms with Crippen molar-refractivity contribution in [1.29, 1.82) is 0 Å². The van der Waals surface area contributed by atoms with Crippen molar-refractivity contribution in [2.75, 3.05) is 13.2 Å². The quantitative estimate of drug-likeness (QED) is 0.761. The molecule has 1 fully saturated rings. The van der Waals surface area contributed by atoms with Gasteiger partial charge < -0.3 is 9.47 Å². The molecule has 6 heteroatoms. The molecule has 14 heavy (non-hydrogen) atoms. The lowest BCUT2D eigenvalue weighted by molar-refractivity contribution is -0.0812. The number of ether oxygens (including phenoxy) is 2. The van der Waals surface area contributed by atoms with Crippen LogP contribution in [-0.2, 0) is 4.74 Å². The van der Waals surface area contributed by atoms with Crippen LogP contribution >= 0.6 is 34.8 Å². The number of nitrogens with zero attached hydrogens (tertiary/aromatic N) is 1. The molecule has 0 unspecified atom stereocenters. The molecule has 76 valence electrons. The van der Waals surface area contributed by atoms with E-state index in [9.17, 15) is 0 Å². The van der Waals surface area contributed by atoms with Crippen LogP contribution in [0.25, 0.3) is 0 Å². The maximum atomic E-state index is 5.86. The van der Waals surface area contributed by atoms with Crippen molar-refractivity contribution in [1.82, 2.24) is 4.98 Å². The fraction of sp³-hybridized carbons (Fsp3) is 0.375. The Morgan fingerprint density at radius 2 is 2.00 bits per heavy atom. The number of pyridine rings is 1. The zero-order chi connectivity index (χ0) is 10.1. The van der Waals surface area contributed by atoms with Crippen LogP contribution in [0.1, 0.15) is 0 Å². The van der Waals surface area contributed by atoms with Crippen molar-refractivity contribution >= 4 is 34.8 Å². The van der Waals surface area contributed by atoms with Crippen molar-refractivity contribution in [3.8, 4) is 5.88 Å². The second-order valence-corrected chi connectivity index (χ2v) is 4.00. The molecule has 1 aliphatic rings. The summed E-state index contributed by atoms with van der Waals surface area (Å²) in [5.74, 6) is 0.300. The highest BCUT2D eigenvalue weighted by molar-refractivity contribution is 6.42. The van der Waals surface area contributed by atoms with E-state index in [1.807, 2.05) is 0 Å². The lowest BCUT2D eigenvalue weighted by Crippen LogP contribution is -2.38. The van der Waals surface area contributed by atoms with Crippen LogP contribution < -0.4 is 4.74 Å². The zero-order valence-electron chi connectivity index (χ0n) is 6.97. The first kappa shape index (κ1) is 10.3. The second kappa shape index (κ2) is 4.11. The second-order valence-electron chi connectivity index (χ2n) is 2.83. The van der Waals surface area contributed by atoms with Crippen molar-refractivity contribution < 1.29 is 9.47 Å². The monoisotopic (exact) mass is 253 g/mol. The van der Waals surface area contributed by atoms with Gasteiger partial charge >= 0.3 is 0 Å². The van der Waals surface area contributed by atoms with Crippen LogP contribution in [0.4, 0.5) is 0 Å². The Kier molecular flexibility index (Phi) is 3.02. The van der Waals surface area contributed by atoms with Gasteiger partial charge in [-0.3, -0.25) is 0 Å². The van der Waals surface area contributed by atoms with Crippen molar-refractivity contribution in [2.24, 2.45) is 0 Å². The molecule has 0 spiro atoms. The first-order chi connectivity index (χ1) is 6.66. The molecule has 1 aromatic rings. The predicted octanol–water partition coefficient (Wildman–Crippen LogP) is 2.82. The molecule has 3 nitrogen and oxygen atoms in total. The number of halogens is 3. The summed E-state index contributed by atoms with van der Waals surface area (Å²) < 4.78 is 10.4. The molecule has 0 radical (unpaired) electrons. The summed E-state index contributed by atoms with van der Waals surface area (Å²) in [5, 5.41) is 0.853. The average Bonchev–Trinajstić information content (AvgIpc) is 2.06. The third-order valence-corrected chi connectivity index (χ3v) is 2.68. The molecule has 1 aromatic heterocycles. The van der Waals surface area contributed by atoms with E-state index in [0.29, 0.717) is 29.1 Å². The fourth-order valence-electron chi connectivity index (χ4n) is 0.951. The topological polar surface area (TPSA) is 31.4 Å². The minimum Gasteiger partial charge on any atom is -0.468 e. The van der Waals surface area contributed by atoms with E-state index in [1.54, 1.807) is 0 Å². The van der Waals surface area contributed by atoms with Crippen LogP contribution in [0.2, 0.25) is 15.2 Å². The van der Waals surface area contributed by atoms with Crippen molar-refractivity contribution in [2.45, 2.75) is 6.10 Å². The first-order valence-electron chi connectivity index (χ1n) is 3.93. The highest BCUT2D eigenvalue weighted by atomic mass is 35.5. The van der Waals surface area contributed by atoms with Gasteiger partial charge in [0, 0.05) is 0 Å². The minimum atomic E-state index is 0.0113. The zero-order valence-corrected chi connectivity index (χ0v) is 9.23. The van der Waals surface area contributed by atoms with Crippen molar-refractivity contribution in [3.63, 3.8) is 0 Å². The molecular weight excluding hydrogens is 248 g/mol.